The van der Waals surface area contributed by atoms with E-state index in [-0.39, 0.29) is 6.04 Å². The number of thiocarbonyl (C=S) groups is 1. The molecule has 5 nitrogen and oxygen atoms in total. The van der Waals surface area contributed by atoms with Crippen LogP contribution in [0.25, 0.3) is 0 Å². The van der Waals surface area contributed by atoms with Crippen LogP contribution in [0.4, 0.5) is 13.2 Å². The van der Waals surface area contributed by atoms with Crippen molar-refractivity contribution in [1.82, 2.24) is 9.62 Å². The average Bonchev–Trinajstić information content (AvgIpc) is 2.28. The zero-order valence-electron chi connectivity index (χ0n) is 11.5. The maximum absolute atomic E-state index is 12.0. The van der Waals surface area contributed by atoms with Gasteiger partial charge >= 0.3 is 6.18 Å². The second-order valence-corrected chi connectivity index (χ2v) is 7.57. The molecular formula is C11H20F3N3O2S2. The van der Waals surface area contributed by atoms with Gasteiger partial charge in [-0.3, -0.25) is 4.90 Å². The molecule has 0 aromatic carbocycles. The van der Waals surface area contributed by atoms with Gasteiger partial charge in [0.15, 0.2) is 0 Å². The van der Waals surface area contributed by atoms with Crippen LogP contribution in [0.15, 0.2) is 0 Å². The van der Waals surface area contributed by atoms with Crippen molar-refractivity contribution in [1.29, 1.82) is 0 Å². The van der Waals surface area contributed by atoms with E-state index in [1.54, 1.807) is 0 Å². The lowest BCUT2D eigenvalue weighted by atomic mass is 10.1. The number of sulfonamides is 1. The van der Waals surface area contributed by atoms with Gasteiger partial charge in [-0.2, -0.15) is 13.2 Å². The summed E-state index contributed by atoms with van der Waals surface area (Å²) in [7, 11) is -3.66. The first kappa shape index (κ1) is 18.6. The van der Waals surface area contributed by atoms with E-state index >= 15 is 0 Å². The van der Waals surface area contributed by atoms with Crippen LogP contribution in [0.2, 0.25) is 0 Å². The number of hydrogen-bond donors (Lipinski definition) is 2. The molecule has 1 rings (SSSR count). The van der Waals surface area contributed by atoms with E-state index in [4.69, 9.17) is 18.0 Å². The Kier molecular flexibility index (Phi) is 6.82. The predicted molar refractivity (Wildman–Crippen MR) is 78.5 cm³/mol. The molecule has 3 N–H and O–H groups in total. The minimum Gasteiger partial charge on any atom is -0.392 e. The van der Waals surface area contributed by atoms with Crippen LogP contribution in [0.3, 0.4) is 0 Å². The number of piperidine rings is 1. The molecule has 1 saturated heterocycles. The van der Waals surface area contributed by atoms with Crippen LogP contribution >= 0.6 is 12.2 Å². The molecule has 1 aliphatic heterocycles. The van der Waals surface area contributed by atoms with Crippen molar-refractivity contribution in [2.75, 3.05) is 25.4 Å². The monoisotopic (exact) mass is 347 g/mol. The molecule has 0 spiro atoms. The topological polar surface area (TPSA) is 75.4 Å². The van der Waals surface area contributed by atoms with E-state index in [0.29, 0.717) is 37.5 Å². The van der Waals surface area contributed by atoms with Crippen molar-refractivity contribution in [3.8, 4) is 0 Å². The van der Waals surface area contributed by atoms with Gasteiger partial charge in [0.2, 0.25) is 10.0 Å². The minimum absolute atomic E-state index is 0.233. The highest BCUT2D eigenvalue weighted by Gasteiger charge is 2.28. The van der Waals surface area contributed by atoms with E-state index in [2.05, 4.69) is 4.72 Å². The van der Waals surface area contributed by atoms with Gasteiger partial charge in [0.05, 0.1) is 10.7 Å². The average molecular weight is 347 g/mol. The summed E-state index contributed by atoms with van der Waals surface area (Å²) in [6.45, 7) is 1.82. The Morgan fingerprint density at radius 3 is 2.38 bits per heavy atom. The van der Waals surface area contributed by atoms with Gasteiger partial charge in [-0.05, 0) is 19.3 Å². The lowest BCUT2D eigenvalue weighted by molar-refractivity contribution is -0.134. The Balaban J connectivity index is 2.32. The zero-order valence-corrected chi connectivity index (χ0v) is 13.2. The molecule has 0 radical (unpaired) electrons. The maximum atomic E-state index is 12.0. The lowest BCUT2D eigenvalue weighted by Gasteiger charge is -2.31. The SMILES string of the molecule is NC(=S)CN1CCC(NS(=O)(=O)CCCC(F)(F)F)CC1. The minimum atomic E-state index is -4.32. The molecule has 0 aromatic rings. The van der Waals surface area contributed by atoms with Gasteiger partial charge in [0, 0.05) is 32.1 Å². The van der Waals surface area contributed by atoms with Crippen LogP contribution in [0.1, 0.15) is 25.7 Å². The quantitative estimate of drug-likeness (QED) is 0.672. The Labute approximate surface area is 128 Å². The van der Waals surface area contributed by atoms with Crippen LogP contribution < -0.4 is 10.5 Å². The van der Waals surface area contributed by atoms with E-state index in [9.17, 15) is 21.6 Å². The number of rotatable bonds is 7. The molecule has 1 aliphatic rings. The molecular weight excluding hydrogens is 327 g/mol. The second kappa shape index (κ2) is 7.70. The van der Waals surface area contributed by atoms with Crippen LogP contribution in [0.5, 0.6) is 0 Å². The highest BCUT2D eigenvalue weighted by Crippen LogP contribution is 2.21. The van der Waals surface area contributed by atoms with Crippen molar-refractivity contribution in [2.45, 2.75) is 37.9 Å². The molecule has 0 saturated carbocycles. The first-order chi connectivity index (χ1) is 9.57. The Bertz CT molecular complexity index is 446. The summed E-state index contributed by atoms with van der Waals surface area (Å²) in [6.07, 6.45) is -4.62. The first-order valence-corrected chi connectivity index (χ1v) is 8.71. The van der Waals surface area contributed by atoms with Gasteiger partial charge in [-0.1, -0.05) is 12.2 Å². The summed E-state index contributed by atoms with van der Waals surface area (Å²) < 4.78 is 61.9. The molecule has 0 amide bonds. The van der Waals surface area contributed by atoms with Crippen molar-refractivity contribution < 1.29 is 21.6 Å². The Morgan fingerprint density at radius 1 is 1.33 bits per heavy atom. The smallest absolute Gasteiger partial charge is 0.389 e. The molecule has 0 unspecified atom stereocenters. The second-order valence-electron chi connectivity index (χ2n) is 5.17. The third kappa shape index (κ3) is 8.54. The van der Waals surface area contributed by atoms with Gasteiger partial charge in [-0.15, -0.1) is 0 Å². The van der Waals surface area contributed by atoms with Crippen LogP contribution in [-0.2, 0) is 10.0 Å². The first-order valence-electron chi connectivity index (χ1n) is 6.65. The summed E-state index contributed by atoms with van der Waals surface area (Å²) in [5.74, 6) is -0.500. The predicted octanol–water partition coefficient (Wildman–Crippen LogP) is 0.999. The van der Waals surface area contributed by atoms with Gasteiger partial charge < -0.3 is 5.73 Å². The molecule has 1 fully saturated rings. The number of nitrogens with zero attached hydrogens (tertiary/aromatic N) is 1. The standard InChI is InChI=1S/C11H20F3N3O2S2/c12-11(13,14)4-1-7-21(18,19)16-9-2-5-17(6-3-9)8-10(15)20/h9,16H,1-8H2,(H2,15,20). The van der Waals surface area contributed by atoms with Crippen molar-refractivity contribution in [3.63, 3.8) is 0 Å². The highest BCUT2D eigenvalue weighted by atomic mass is 32.2. The van der Waals surface area contributed by atoms with Gasteiger partial charge in [0.25, 0.3) is 0 Å². The highest BCUT2D eigenvalue weighted by molar-refractivity contribution is 7.89. The molecule has 0 aromatic heterocycles. The van der Waals surface area contributed by atoms with Gasteiger partial charge in [-0.25, -0.2) is 13.1 Å². The van der Waals surface area contributed by atoms with E-state index < -0.39 is 34.8 Å². The number of nitrogens with two attached hydrogens (primary N) is 1. The molecule has 1 heterocycles. The summed E-state index contributed by atoms with van der Waals surface area (Å²) in [5.41, 5.74) is 5.44. The molecule has 0 aliphatic carbocycles. The fourth-order valence-corrected chi connectivity index (χ4v) is 3.77. The Morgan fingerprint density at radius 2 is 1.90 bits per heavy atom. The van der Waals surface area contributed by atoms with E-state index in [1.165, 1.54) is 0 Å². The maximum Gasteiger partial charge on any atom is 0.389 e. The summed E-state index contributed by atoms with van der Waals surface area (Å²) in [5, 5.41) is 0. The van der Waals surface area contributed by atoms with Crippen LogP contribution in [0, 0.1) is 0 Å². The van der Waals surface area contributed by atoms with E-state index in [0.717, 1.165) is 0 Å². The summed E-state index contributed by atoms with van der Waals surface area (Å²) in [4.78, 5) is 2.41. The molecule has 0 atom stereocenters. The van der Waals surface area contributed by atoms with Gasteiger partial charge in [0.1, 0.15) is 0 Å². The third-order valence-electron chi connectivity index (χ3n) is 3.19. The third-order valence-corrected chi connectivity index (χ3v) is 4.83. The molecule has 124 valence electrons. The Hall–Kier alpha value is -0.450. The molecule has 10 heteroatoms. The fraction of sp³-hybridized carbons (Fsp3) is 0.909. The summed E-state index contributed by atoms with van der Waals surface area (Å²) >= 11 is 4.80. The zero-order chi connectivity index (χ0) is 16.1. The molecule has 0 bridgehead atoms. The van der Waals surface area contributed by atoms with Crippen LogP contribution in [-0.4, -0.2) is 55.9 Å². The number of alkyl halides is 3. The van der Waals surface area contributed by atoms with Crippen molar-refractivity contribution in [2.24, 2.45) is 5.73 Å². The molecule has 21 heavy (non-hydrogen) atoms. The lowest BCUT2D eigenvalue weighted by Crippen LogP contribution is -2.46. The normalized spacial score (nSPS) is 18.8. The summed E-state index contributed by atoms with van der Waals surface area (Å²) in [6, 6.07) is -0.233. The van der Waals surface area contributed by atoms with E-state index in [1.807, 2.05) is 4.90 Å². The number of likely N-dealkylation sites (tertiary alicyclic amines) is 1. The fourth-order valence-electron chi connectivity index (χ4n) is 2.20. The van der Waals surface area contributed by atoms with Crippen molar-refractivity contribution >= 4 is 27.2 Å². The largest absolute Gasteiger partial charge is 0.392 e. The van der Waals surface area contributed by atoms with Crippen molar-refractivity contribution in [3.05, 3.63) is 0 Å². The number of hydrogen-bond acceptors (Lipinski definition) is 4. The number of halogens is 3. The number of nitrogens with one attached hydrogen (secondary N) is 1.